The first-order chi connectivity index (χ1) is 15.6. The molecule has 0 spiro atoms. The molecule has 1 aromatic carbocycles. The summed E-state index contributed by atoms with van der Waals surface area (Å²) in [5, 5.41) is 5.63. The molecule has 0 aliphatic carbocycles. The van der Waals surface area contributed by atoms with E-state index < -0.39 is 0 Å². The molecule has 4 heterocycles. The molecule has 4 aromatic rings. The van der Waals surface area contributed by atoms with Crippen molar-refractivity contribution in [1.29, 1.82) is 0 Å². The second-order valence-corrected chi connectivity index (χ2v) is 7.49. The minimum absolute atomic E-state index is 0.0663. The first-order valence-electron chi connectivity index (χ1n) is 10.2. The van der Waals surface area contributed by atoms with Gasteiger partial charge in [0.1, 0.15) is 17.5 Å². The van der Waals surface area contributed by atoms with Gasteiger partial charge in [-0.2, -0.15) is 0 Å². The van der Waals surface area contributed by atoms with Crippen LogP contribution in [0.1, 0.15) is 16.1 Å². The summed E-state index contributed by atoms with van der Waals surface area (Å²) in [5.41, 5.74) is 2.45. The zero-order valence-electron chi connectivity index (χ0n) is 17.1. The van der Waals surface area contributed by atoms with Gasteiger partial charge >= 0.3 is 6.03 Å². The number of fused-ring (bicyclic) bond motifs is 1. The van der Waals surface area contributed by atoms with Gasteiger partial charge in [0.25, 0.3) is 5.91 Å². The number of benzene rings is 1. The van der Waals surface area contributed by atoms with E-state index in [0.717, 1.165) is 11.2 Å². The Kier molecular flexibility index (Phi) is 5.20. The molecule has 0 radical (unpaired) electrons. The molecule has 0 unspecified atom stereocenters. The van der Waals surface area contributed by atoms with Crippen LogP contribution in [0.4, 0.5) is 10.5 Å². The van der Waals surface area contributed by atoms with E-state index >= 15 is 0 Å². The maximum Gasteiger partial charge on any atom is 0.319 e. The van der Waals surface area contributed by atoms with Crippen molar-refractivity contribution < 1.29 is 18.7 Å². The molecule has 9 heteroatoms. The second-order valence-electron chi connectivity index (χ2n) is 7.49. The number of anilines is 1. The number of amides is 3. The predicted octanol–water partition coefficient (Wildman–Crippen LogP) is 3.15. The molecule has 3 amide bonds. The molecule has 1 saturated heterocycles. The molecule has 5 rings (SSSR count). The van der Waals surface area contributed by atoms with Crippen molar-refractivity contribution in [3.63, 3.8) is 0 Å². The molecule has 2 N–H and O–H groups in total. The number of imidazole rings is 1. The Hall–Kier alpha value is -4.27. The zero-order chi connectivity index (χ0) is 21.9. The molecule has 0 bridgehead atoms. The lowest BCUT2D eigenvalue weighted by atomic mass is 10.1. The van der Waals surface area contributed by atoms with Crippen molar-refractivity contribution in [3.8, 4) is 5.75 Å². The van der Waals surface area contributed by atoms with Crippen LogP contribution >= 0.6 is 0 Å². The molecular formula is C23H21N5O4. The fourth-order valence-electron chi connectivity index (χ4n) is 3.46. The van der Waals surface area contributed by atoms with E-state index in [1.54, 1.807) is 47.5 Å². The van der Waals surface area contributed by atoms with Crippen LogP contribution in [0.3, 0.4) is 0 Å². The number of rotatable bonds is 6. The first kappa shape index (κ1) is 19.7. The fourth-order valence-corrected chi connectivity index (χ4v) is 3.46. The van der Waals surface area contributed by atoms with Crippen molar-refractivity contribution in [1.82, 2.24) is 19.6 Å². The summed E-state index contributed by atoms with van der Waals surface area (Å²) in [7, 11) is 0. The topological polar surface area (TPSA) is 101 Å². The number of nitrogens with zero attached hydrogens (tertiary/aromatic N) is 3. The Morgan fingerprint density at radius 2 is 1.97 bits per heavy atom. The number of nitrogens with one attached hydrogen (secondary N) is 2. The van der Waals surface area contributed by atoms with Crippen LogP contribution in [0.5, 0.6) is 5.75 Å². The number of pyridine rings is 1. The molecule has 1 fully saturated rings. The van der Waals surface area contributed by atoms with Crippen LogP contribution in [0.25, 0.3) is 5.65 Å². The SMILES string of the molecule is O=C(NCc1ccn2ccnc2c1)Nc1ccc(OC2CN(C(=O)c3ccco3)C2)cc1. The van der Waals surface area contributed by atoms with Gasteiger partial charge in [-0.15, -0.1) is 0 Å². The van der Waals surface area contributed by atoms with E-state index in [9.17, 15) is 9.59 Å². The van der Waals surface area contributed by atoms with Crippen molar-refractivity contribution >= 4 is 23.3 Å². The summed E-state index contributed by atoms with van der Waals surface area (Å²) >= 11 is 0. The lowest BCUT2D eigenvalue weighted by molar-refractivity contribution is 0.0155. The minimum Gasteiger partial charge on any atom is -0.487 e. The number of furan rings is 1. The molecule has 0 saturated carbocycles. The van der Waals surface area contributed by atoms with Gasteiger partial charge in [-0.1, -0.05) is 0 Å². The highest BCUT2D eigenvalue weighted by Crippen LogP contribution is 2.22. The van der Waals surface area contributed by atoms with Crippen LogP contribution < -0.4 is 15.4 Å². The third-order valence-electron chi connectivity index (χ3n) is 5.20. The maximum absolute atomic E-state index is 12.2. The summed E-state index contributed by atoms with van der Waals surface area (Å²) < 4.78 is 12.9. The smallest absolute Gasteiger partial charge is 0.319 e. The van der Waals surface area contributed by atoms with Gasteiger partial charge in [0.15, 0.2) is 5.76 Å². The molecular weight excluding hydrogens is 410 g/mol. The molecule has 32 heavy (non-hydrogen) atoms. The summed E-state index contributed by atoms with van der Waals surface area (Å²) in [5.74, 6) is 0.878. The van der Waals surface area contributed by atoms with Crippen LogP contribution in [-0.4, -0.2) is 45.4 Å². The summed E-state index contributed by atoms with van der Waals surface area (Å²) in [6.45, 7) is 1.41. The molecule has 9 nitrogen and oxygen atoms in total. The highest BCUT2D eigenvalue weighted by molar-refractivity contribution is 5.92. The molecule has 162 valence electrons. The Morgan fingerprint density at radius 3 is 2.75 bits per heavy atom. The number of likely N-dealkylation sites (tertiary alicyclic amines) is 1. The summed E-state index contributed by atoms with van der Waals surface area (Å²) in [4.78, 5) is 30.3. The van der Waals surface area contributed by atoms with Gasteiger partial charge < -0.3 is 29.1 Å². The number of aromatic nitrogens is 2. The average molecular weight is 431 g/mol. The van der Waals surface area contributed by atoms with Gasteiger partial charge in [0.2, 0.25) is 0 Å². The van der Waals surface area contributed by atoms with Gasteiger partial charge in [-0.25, -0.2) is 9.78 Å². The number of urea groups is 1. The second kappa shape index (κ2) is 8.46. The van der Waals surface area contributed by atoms with Gasteiger partial charge in [0.05, 0.1) is 19.4 Å². The van der Waals surface area contributed by atoms with Gasteiger partial charge in [-0.3, -0.25) is 4.79 Å². The number of carbonyl (C=O) groups is 2. The van der Waals surface area contributed by atoms with E-state index in [1.165, 1.54) is 6.26 Å². The van der Waals surface area contributed by atoms with E-state index in [1.807, 2.05) is 28.9 Å². The van der Waals surface area contributed by atoms with Crippen LogP contribution in [0, 0.1) is 0 Å². The van der Waals surface area contributed by atoms with Crippen molar-refractivity contribution in [2.75, 3.05) is 18.4 Å². The first-order valence-corrected chi connectivity index (χ1v) is 10.2. The zero-order valence-corrected chi connectivity index (χ0v) is 17.1. The highest BCUT2D eigenvalue weighted by Gasteiger charge is 2.33. The normalized spacial score (nSPS) is 13.6. The average Bonchev–Trinajstić information content (AvgIpc) is 3.47. The predicted molar refractivity (Wildman–Crippen MR) is 117 cm³/mol. The molecule has 1 aliphatic rings. The maximum atomic E-state index is 12.2. The lowest BCUT2D eigenvalue weighted by Gasteiger charge is -2.38. The van der Waals surface area contributed by atoms with E-state index in [4.69, 9.17) is 9.15 Å². The van der Waals surface area contributed by atoms with Crippen LogP contribution in [-0.2, 0) is 6.54 Å². The Morgan fingerprint density at radius 1 is 1.12 bits per heavy atom. The van der Waals surface area contributed by atoms with Crippen molar-refractivity contribution in [2.45, 2.75) is 12.6 Å². The number of carbonyl (C=O) groups excluding carboxylic acids is 2. The third kappa shape index (κ3) is 4.27. The lowest BCUT2D eigenvalue weighted by Crippen LogP contribution is -2.56. The molecule has 0 atom stereocenters. The number of hydrogen-bond donors (Lipinski definition) is 2. The van der Waals surface area contributed by atoms with E-state index in [2.05, 4.69) is 15.6 Å². The fraction of sp³-hybridized carbons (Fsp3) is 0.174. The van der Waals surface area contributed by atoms with Gasteiger partial charge in [0, 0.05) is 30.8 Å². The van der Waals surface area contributed by atoms with Crippen LogP contribution in [0.2, 0.25) is 0 Å². The van der Waals surface area contributed by atoms with Crippen molar-refractivity contribution in [2.24, 2.45) is 0 Å². The molecule has 1 aliphatic heterocycles. The minimum atomic E-state index is -0.298. The number of hydrogen-bond acceptors (Lipinski definition) is 5. The highest BCUT2D eigenvalue weighted by atomic mass is 16.5. The Bertz CT molecular complexity index is 1230. The number of ether oxygens (including phenoxy) is 1. The monoisotopic (exact) mass is 431 g/mol. The Labute approximate surface area is 183 Å². The Balaban J connectivity index is 1.07. The van der Waals surface area contributed by atoms with E-state index in [0.29, 0.717) is 36.8 Å². The molecule has 3 aromatic heterocycles. The third-order valence-corrected chi connectivity index (χ3v) is 5.20. The largest absolute Gasteiger partial charge is 0.487 e. The summed E-state index contributed by atoms with van der Waals surface area (Å²) in [6, 6.07) is 14.0. The van der Waals surface area contributed by atoms with Crippen molar-refractivity contribution in [3.05, 3.63) is 84.7 Å². The van der Waals surface area contributed by atoms with E-state index in [-0.39, 0.29) is 18.0 Å². The van der Waals surface area contributed by atoms with Crippen LogP contribution in [0.15, 0.2) is 77.8 Å². The standard InChI is InChI=1S/C23H21N5O4/c29-22(20-2-1-11-31-20)28-14-19(15-28)32-18-5-3-17(4-6-18)26-23(30)25-13-16-7-9-27-10-8-24-21(27)12-16/h1-12,19H,13-15H2,(H2,25,26,30). The van der Waals surface area contributed by atoms with Gasteiger partial charge in [-0.05, 0) is 54.1 Å². The quantitative estimate of drug-likeness (QED) is 0.488. The summed E-state index contributed by atoms with van der Waals surface area (Å²) in [6.07, 6.45) is 6.92.